The van der Waals surface area contributed by atoms with Crippen LogP contribution in [0.3, 0.4) is 0 Å². The first-order valence-corrected chi connectivity index (χ1v) is 21.1. The maximum absolute atomic E-state index is 12.8. The Bertz CT molecular complexity index is 1070. The topological polar surface area (TPSA) is 55.8 Å². The molecule has 0 radical (unpaired) electrons. The van der Waals surface area contributed by atoms with Gasteiger partial charge in [0.1, 0.15) is 12.2 Å². The zero-order chi connectivity index (χ0) is 35.3. The molecule has 4 aliphatic rings. The molecule has 4 aliphatic carbocycles. The third-order valence-electron chi connectivity index (χ3n) is 14.1. The lowest BCUT2D eigenvalue weighted by molar-refractivity contribution is -0.267. The van der Waals surface area contributed by atoms with E-state index in [1.165, 1.54) is 89.9 Å². The van der Waals surface area contributed by atoms with Gasteiger partial charge in [-0.25, -0.2) is 4.89 Å². The average Bonchev–Trinajstić information content (AvgIpc) is 3.43. The molecule has 49 heavy (non-hydrogen) atoms. The molecule has 3 fully saturated rings. The van der Waals surface area contributed by atoms with E-state index in [1.807, 2.05) is 12.2 Å². The lowest BCUT2D eigenvalue weighted by Gasteiger charge is -2.58. The van der Waals surface area contributed by atoms with Crippen molar-refractivity contribution in [2.75, 3.05) is 0 Å². The third kappa shape index (κ3) is 11.1. The van der Waals surface area contributed by atoms with E-state index in [1.54, 1.807) is 5.57 Å². The lowest BCUT2D eigenvalue weighted by atomic mass is 9.47. The largest absolute Gasteiger partial charge is 0.462 e. The highest BCUT2D eigenvalue weighted by atomic mass is 17.1. The molecule has 280 valence electrons. The van der Waals surface area contributed by atoms with Crippen LogP contribution in [0.1, 0.15) is 183 Å². The summed E-state index contributed by atoms with van der Waals surface area (Å²) in [6, 6.07) is 0. The second-order valence-electron chi connectivity index (χ2n) is 17.9. The van der Waals surface area contributed by atoms with Gasteiger partial charge in [0.15, 0.2) is 0 Å². The van der Waals surface area contributed by atoms with Crippen LogP contribution in [0.5, 0.6) is 0 Å². The molecule has 0 saturated heterocycles. The van der Waals surface area contributed by atoms with Gasteiger partial charge in [-0.05, 0) is 117 Å². The van der Waals surface area contributed by atoms with E-state index >= 15 is 0 Å². The van der Waals surface area contributed by atoms with Crippen LogP contribution in [0.2, 0.25) is 0 Å². The summed E-state index contributed by atoms with van der Waals surface area (Å²) < 4.78 is 6.11. The highest BCUT2D eigenvalue weighted by Crippen LogP contribution is 2.67. The van der Waals surface area contributed by atoms with Crippen molar-refractivity contribution in [2.45, 2.75) is 195 Å². The molecule has 9 atom stereocenters. The summed E-state index contributed by atoms with van der Waals surface area (Å²) in [7, 11) is 0. The van der Waals surface area contributed by atoms with Gasteiger partial charge in [-0.15, -0.1) is 0 Å². The van der Waals surface area contributed by atoms with Gasteiger partial charge in [0, 0.05) is 12.8 Å². The highest BCUT2D eigenvalue weighted by Gasteiger charge is 2.59. The summed E-state index contributed by atoms with van der Waals surface area (Å²) in [4.78, 5) is 17.4. The molecular formula is C45H76O4. The fourth-order valence-corrected chi connectivity index (χ4v) is 11.2. The number of carbonyl (C=O) groups excluding carboxylic acids is 1. The average molecular weight is 681 g/mol. The van der Waals surface area contributed by atoms with Crippen LogP contribution in [0, 0.1) is 46.3 Å². The van der Waals surface area contributed by atoms with Crippen molar-refractivity contribution >= 4 is 5.97 Å². The number of carbonyl (C=O) groups is 1. The number of hydrogen-bond acceptors (Lipinski definition) is 4. The maximum Gasteiger partial charge on any atom is 0.306 e. The van der Waals surface area contributed by atoms with Crippen molar-refractivity contribution in [3.8, 4) is 0 Å². The van der Waals surface area contributed by atoms with Crippen LogP contribution < -0.4 is 0 Å². The molecule has 0 heterocycles. The minimum absolute atomic E-state index is 0.0189. The third-order valence-corrected chi connectivity index (χ3v) is 14.1. The lowest BCUT2D eigenvalue weighted by Crippen LogP contribution is -2.51. The zero-order valence-electron chi connectivity index (χ0n) is 32.7. The number of hydrogen-bond donors (Lipinski definition) is 1. The summed E-state index contributed by atoms with van der Waals surface area (Å²) >= 11 is 0. The molecule has 0 bridgehead atoms. The number of esters is 1. The summed E-state index contributed by atoms with van der Waals surface area (Å²) in [5.41, 5.74) is 2.47. The molecule has 0 aromatic heterocycles. The molecule has 3 saturated carbocycles. The Hall–Kier alpha value is -1.39. The van der Waals surface area contributed by atoms with Crippen molar-refractivity contribution in [1.82, 2.24) is 0 Å². The van der Waals surface area contributed by atoms with Gasteiger partial charge < -0.3 is 4.74 Å². The van der Waals surface area contributed by atoms with E-state index in [2.05, 4.69) is 64.7 Å². The summed E-state index contributed by atoms with van der Waals surface area (Å²) in [6.07, 6.45) is 36.5. The molecule has 0 amide bonds. The standard InChI is InChI=1S/C45H76O4/c1-7-8-16-22-37(49-47)23-17-14-12-10-9-11-13-15-18-24-43(46)48-38-29-31-44(5)36(33-38)25-26-39-41-28-27-40(35(4)21-19-20-34(2)3)45(41,6)32-30-42(39)44/h12,14,17,23,25,34-35,37-42,47H,7-11,13,15-16,18-22,24,26-33H2,1-6H3/b14-12+,23-17+/t35-,37?,38?,39+,40-,41+,42+,44+,45-/m1/s1. The molecule has 4 nitrogen and oxygen atoms in total. The van der Waals surface area contributed by atoms with Crippen LogP contribution >= 0.6 is 0 Å². The highest BCUT2D eigenvalue weighted by molar-refractivity contribution is 5.69. The zero-order valence-corrected chi connectivity index (χ0v) is 32.7. The Morgan fingerprint density at radius 1 is 0.898 bits per heavy atom. The SMILES string of the molecule is CCCCCC(/C=C/C=C/CCCCCCCC(=O)OC1CC[C@@]2(C)C(=CC[C@H]3[C@@H]4CC[C@H]([C@H](C)CCCC(C)C)[C@@]4(C)CC[C@@H]32)C1)OO. The number of fused-ring (bicyclic) bond motifs is 5. The predicted octanol–water partition coefficient (Wildman–Crippen LogP) is 13.2. The van der Waals surface area contributed by atoms with Crippen LogP contribution in [0.25, 0.3) is 0 Å². The first kappa shape index (κ1) is 40.4. The Morgan fingerprint density at radius 3 is 2.47 bits per heavy atom. The second-order valence-corrected chi connectivity index (χ2v) is 17.9. The van der Waals surface area contributed by atoms with Gasteiger partial charge in [0.05, 0.1) is 0 Å². The molecule has 0 aromatic rings. The smallest absolute Gasteiger partial charge is 0.306 e. The fourth-order valence-electron chi connectivity index (χ4n) is 11.2. The van der Waals surface area contributed by atoms with Gasteiger partial charge in [0.2, 0.25) is 0 Å². The van der Waals surface area contributed by atoms with E-state index in [0.29, 0.717) is 17.3 Å². The summed E-state index contributed by atoms with van der Waals surface area (Å²) in [6.45, 7) is 14.8. The van der Waals surface area contributed by atoms with E-state index in [0.717, 1.165) is 80.5 Å². The van der Waals surface area contributed by atoms with Gasteiger partial charge >= 0.3 is 5.97 Å². The van der Waals surface area contributed by atoms with E-state index < -0.39 is 0 Å². The van der Waals surface area contributed by atoms with Crippen LogP contribution in [-0.2, 0) is 14.4 Å². The van der Waals surface area contributed by atoms with Crippen LogP contribution in [0.4, 0.5) is 0 Å². The Labute approximate surface area is 302 Å². The van der Waals surface area contributed by atoms with E-state index in [-0.39, 0.29) is 18.2 Å². The van der Waals surface area contributed by atoms with Crippen molar-refractivity contribution in [2.24, 2.45) is 46.3 Å². The Morgan fingerprint density at radius 2 is 1.69 bits per heavy atom. The number of ether oxygens (including phenoxy) is 1. The fraction of sp³-hybridized carbons (Fsp3) is 0.844. The monoisotopic (exact) mass is 681 g/mol. The summed E-state index contributed by atoms with van der Waals surface area (Å²) in [5.74, 6) is 5.19. The second kappa shape index (κ2) is 20.0. The first-order valence-electron chi connectivity index (χ1n) is 21.1. The molecular weight excluding hydrogens is 604 g/mol. The van der Waals surface area contributed by atoms with Gasteiger partial charge in [-0.2, -0.15) is 0 Å². The molecule has 0 aliphatic heterocycles. The van der Waals surface area contributed by atoms with Gasteiger partial charge in [0.25, 0.3) is 0 Å². The molecule has 4 heteroatoms. The van der Waals surface area contributed by atoms with Gasteiger partial charge in [-0.3, -0.25) is 10.1 Å². The molecule has 2 unspecified atom stereocenters. The number of allylic oxidation sites excluding steroid dienone is 4. The molecule has 4 rings (SSSR count). The van der Waals surface area contributed by atoms with Crippen molar-refractivity contribution < 1.29 is 19.7 Å². The normalized spacial score (nSPS) is 32.6. The van der Waals surface area contributed by atoms with E-state index in [9.17, 15) is 4.79 Å². The summed E-state index contributed by atoms with van der Waals surface area (Å²) in [5, 5.41) is 9.04. The quantitative estimate of drug-likeness (QED) is 0.0327. The number of unbranched alkanes of at least 4 members (excludes halogenated alkanes) is 7. The first-order chi connectivity index (χ1) is 23.6. The Balaban J connectivity index is 1.12. The van der Waals surface area contributed by atoms with E-state index in [4.69, 9.17) is 9.99 Å². The van der Waals surface area contributed by atoms with Crippen molar-refractivity contribution in [3.05, 3.63) is 36.0 Å². The predicted molar refractivity (Wildman–Crippen MR) is 205 cm³/mol. The minimum atomic E-state index is -0.204. The molecule has 1 N–H and O–H groups in total. The van der Waals surface area contributed by atoms with Crippen molar-refractivity contribution in [3.63, 3.8) is 0 Å². The maximum atomic E-state index is 12.8. The van der Waals surface area contributed by atoms with Crippen LogP contribution in [0.15, 0.2) is 36.0 Å². The minimum Gasteiger partial charge on any atom is -0.462 e. The van der Waals surface area contributed by atoms with Crippen LogP contribution in [-0.4, -0.2) is 23.4 Å². The molecule has 0 spiro atoms. The van der Waals surface area contributed by atoms with Crippen molar-refractivity contribution in [1.29, 1.82) is 0 Å². The number of rotatable bonds is 21. The Kier molecular flexibility index (Phi) is 16.5. The van der Waals surface area contributed by atoms with Gasteiger partial charge in [-0.1, -0.05) is 135 Å². The molecule has 0 aromatic carbocycles.